The van der Waals surface area contributed by atoms with Crippen LogP contribution in [0.3, 0.4) is 0 Å². The van der Waals surface area contributed by atoms with Crippen LogP contribution in [-0.4, -0.2) is 37.0 Å². The Morgan fingerprint density at radius 1 is 1.00 bits per heavy atom. The normalized spacial score (nSPS) is 14.5. The molecule has 3 aromatic carbocycles. The Kier molecular flexibility index (Phi) is 6.08. The number of rotatable bonds is 5. The lowest BCUT2D eigenvalue weighted by Crippen LogP contribution is -2.42. The monoisotopic (exact) mass is 489 g/mol. The third-order valence-corrected chi connectivity index (χ3v) is 6.27. The molecule has 5 rings (SSSR count). The summed E-state index contributed by atoms with van der Waals surface area (Å²) < 4.78 is 7.10. The lowest BCUT2D eigenvalue weighted by Gasteiger charge is -2.27. The van der Waals surface area contributed by atoms with Crippen molar-refractivity contribution in [3.8, 4) is 11.3 Å². The van der Waals surface area contributed by atoms with Crippen molar-refractivity contribution >= 4 is 38.5 Å². The van der Waals surface area contributed by atoms with E-state index in [2.05, 4.69) is 49.7 Å². The van der Waals surface area contributed by atoms with Gasteiger partial charge >= 0.3 is 0 Å². The first-order valence-electron chi connectivity index (χ1n) is 10.8. The molecule has 0 bridgehead atoms. The molecule has 2 heterocycles. The van der Waals surface area contributed by atoms with Crippen LogP contribution in [-0.2, 0) is 6.54 Å². The second-order valence-corrected chi connectivity index (χ2v) is 8.93. The molecule has 0 spiro atoms. The number of fused-ring (bicyclic) bond motifs is 1. The van der Waals surface area contributed by atoms with E-state index in [4.69, 9.17) is 4.42 Å². The van der Waals surface area contributed by atoms with Gasteiger partial charge in [0, 0.05) is 53.7 Å². The van der Waals surface area contributed by atoms with E-state index in [1.54, 1.807) is 12.1 Å². The summed E-state index contributed by atoms with van der Waals surface area (Å²) >= 11 is 3.40. The second kappa shape index (κ2) is 9.28. The van der Waals surface area contributed by atoms with Gasteiger partial charge in [0.2, 0.25) is 0 Å². The van der Waals surface area contributed by atoms with E-state index < -0.39 is 0 Å². The Labute approximate surface area is 195 Å². The molecule has 5 nitrogen and oxygen atoms in total. The van der Waals surface area contributed by atoms with Gasteiger partial charge in [-0.1, -0.05) is 34.1 Å². The van der Waals surface area contributed by atoms with E-state index in [9.17, 15) is 4.79 Å². The molecular weight excluding hydrogens is 466 g/mol. The van der Waals surface area contributed by atoms with E-state index >= 15 is 0 Å². The fourth-order valence-corrected chi connectivity index (χ4v) is 4.32. The molecule has 2 N–H and O–H groups in total. The largest absolute Gasteiger partial charge is 0.456 e. The van der Waals surface area contributed by atoms with Gasteiger partial charge in [0.05, 0.1) is 5.69 Å². The van der Waals surface area contributed by atoms with Crippen molar-refractivity contribution in [1.29, 1.82) is 0 Å². The number of hydrogen-bond acceptors (Lipinski definition) is 4. The molecule has 0 atom stereocenters. The number of nitrogens with one attached hydrogen (secondary N) is 2. The number of piperazine rings is 1. The first kappa shape index (κ1) is 20.9. The molecule has 1 aliphatic heterocycles. The highest BCUT2D eigenvalue weighted by molar-refractivity contribution is 9.10. The molecule has 0 saturated carbocycles. The third kappa shape index (κ3) is 4.63. The van der Waals surface area contributed by atoms with Crippen LogP contribution in [0.1, 0.15) is 15.9 Å². The van der Waals surface area contributed by atoms with Crippen LogP contribution in [0.4, 0.5) is 5.69 Å². The highest BCUT2D eigenvalue weighted by atomic mass is 79.9. The Hall–Kier alpha value is -2.93. The van der Waals surface area contributed by atoms with Crippen LogP contribution in [0.5, 0.6) is 0 Å². The Morgan fingerprint density at radius 3 is 2.59 bits per heavy atom. The summed E-state index contributed by atoms with van der Waals surface area (Å²) in [5.74, 6) is 0.588. The van der Waals surface area contributed by atoms with Crippen molar-refractivity contribution in [2.75, 3.05) is 31.5 Å². The number of anilines is 1. The van der Waals surface area contributed by atoms with Crippen LogP contribution >= 0.6 is 15.9 Å². The molecule has 0 unspecified atom stereocenters. The molecule has 0 aliphatic carbocycles. The minimum Gasteiger partial charge on any atom is -0.456 e. The van der Waals surface area contributed by atoms with E-state index in [0.717, 1.165) is 65.2 Å². The lowest BCUT2D eigenvalue weighted by molar-refractivity contribution is 0.102. The summed E-state index contributed by atoms with van der Waals surface area (Å²) in [4.78, 5) is 15.2. The zero-order valence-electron chi connectivity index (χ0n) is 17.6. The molecule has 6 heteroatoms. The smallest absolute Gasteiger partial charge is 0.255 e. The van der Waals surface area contributed by atoms with Crippen LogP contribution < -0.4 is 10.6 Å². The summed E-state index contributed by atoms with van der Waals surface area (Å²) in [5, 5.41) is 7.49. The molecule has 32 heavy (non-hydrogen) atoms. The summed E-state index contributed by atoms with van der Waals surface area (Å²) in [5.41, 5.74) is 4.31. The summed E-state index contributed by atoms with van der Waals surface area (Å²) in [6, 6.07) is 23.5. The average Bonchev–Trinajstić information content (AvgIpc) is 3.24. The zero-order valence-corrected chi connectivity index (χ0v) is 19.2. The number of amides is 1. The lowest BCUT2D eigenvalue weighted by atomic mass is 10.1. The Bertz CT molecular complexity index is 1240. The quantitative estimate of drug-likeness (QED) is 0.387. The maximum atomic E-state index is 12.7. The highest BCUT2D eigenvalue weighted by Gasteiger charge is 2.15. The minimum atomic E-state index is -0.153. The van der Waals surface area contributed by atoms with Crippen molar-refractivity contribution in [1.82, 2.24) is 10.2 Å². The van der Waals surface area contributed by atoms with Gasteiger partial charge in [0.1, 0.15) is 11.3 Å². The van der Waals surface area contributed by atoms with E-state index in [0.29, 0.717) is 5.56 Å². The van der Waals surface area contributed by atoms with Crippen molar-refractivity contribution < 1.29 is 9.21 Å². The van der Waals surface area contributed by atoms with E-state index in [1.165, 1.54) is 5.56 Å². The van der Waals surface area contributed by atoms with Crippen molar-refractivity contribution in [3.05, 3.63) is 88.4 Å². The minimum absolute atomic E-state index is 0.153. The van der Waals surface area contributed by atoms with E-state index in [-0.39, 0.29) is 5.91 Å². The van der Waals surface area contributed by atoms with Crippen molar-refractivity contribution in [2.24, 2.45) is 0 Å². The number of nitrogens with zero attached hydrogens (tertiary/aromatic N) is 1. The SMILES string of the molecule is O=C(Nc1ccccc1-c1cc2cc(CN3CCNCC3)ccc2o1)c1ccc(Br)cc1. The second-order valence-electron chi connectivity index (χ2n) is 8.02. The Balaban J connectivity index is 1.40. The van der Waals surface area contributed by atoms with Gasteiger partial charge in [-0.3, -0.25) is 9.69 Å². The highest BCUT2D eigenvalue weighted by Crippen LogP contribution is 2.33. The number of halogens is 1. The van der Waals surface area contributed by atoms with Gasteiger partial charge in [0.15, 0.2) is 0 Å². The van der Waals surface area contributed by atoms with Gasteiger partial charge < -0.3 is 15.1 Å². The summed E-state index contributed by atoms with van der Waals surface area (Å²) in [7, 11) is 0. The van der Waals surface area contributed by atoms with Gasteiger partial charge in [-0.15, -0.1) is 0 Å². The molecule has 1 fully saturated rings. The molecule has 1 amide bonds. The molecule has 1 saturated heterocycles. The molecular formula is C26H24BrN3O2. The van der Waals surface area contributed by atoms with Crippen LogP contribution in [0.25, 0.3) is 22.3 Å². The molecule has 0 radical (unpaired) electrons. The first-order chi connectivity index (χ1) is 15.7. The molecule has 162 valence electrons. The topological polar surface area (TPSA) is 57.5 Å². The van der Waals surface area contributed by atoms with Gasteiger partial charge in [-0.05, 0) is 60.2 Å². The standard InChI is InChI=1S/C26H24BrN3O2/c27-21-8-6-19(7-9-21)26(31)29-23-4-2-1-3-22(23)25-16-20-15-18(5-10-24(20)32-25)17-30-13-11-28-12-14-30/h1-10,15-16,28H,11-14,17H2,(H,29,31). The maximum absolute atomic E-state index is 12.7. The van der Waals surface area contributed by atoms with Crippen molar-refractivity contribution in [2.45, 2.75) is 6.54 Å². The number of carbonyl (C=O) groups excluding carboxylic acids is 1. The predicted molar refractivity (Wildman–Crippen MR) is 132 cm³/mol. The Morgan fingerprint density at radius 2 is 1.78 bits per heavy atom. The number of benzene rings is 3. The average molecular weight is 490 g/mol. The van der Waals surface area contributed by atoms with Crippen LogP contribution in [0, 0.1) is 0 Å². The first-order valence-corrected chi connectivity index (χ1v) is 11.6. The van der Waals surface area contributed by atoms with Crippen LogP contribution in [0.15, 0.2) is 81.7 Å². The fourth-order valence-electron chi connectivity index (χ4n) is 4.05. The number of hydrogen-bond donors (Lipinski definition) is 2. The van der Waals surface area contributed by atoms with Crippen LogP contribution in [0.2, 0.25) is 0 Å². The fraction of sp³-hybridized carbons (Fsp3) is 0.192. The zero-order chi connectivity index (χ0) is 21.9. The molecule has 4 aromatic rings. The number of para-hydroxylation sites is 1. The summed E-state index contributed by atoms with van der Waals surface area (Å²) in [6.45, 7) is 5.17. The van der Waals surface area contributed by atoms with Crippen molar-refractivity contribution in [3.63, 3.8) is 0 Å². The third-order valence-electron chi connectivity index (χ3n) is 5.74. The van der Waals surface area contributed by atoms with Gasteiger partial charge in [-0.2, -0.15) is 0 Å². The van der Waals surface area contributed by atoms with Gasteiger partial charge in [0.25, 0.3) is 5.91 Å². The predicted octanol–water partition coefficient (Wildman–Crippen LogP) is 5.52. The molecule has 1 aliphatic rings. The summed E-state index contributed by atoms with van der Waals surface area (Å²) in [6.07, 6.45) is 0. The number of furan rings is 1. The van der Waals surface area contributed by atoms with E-state index in [1.807, 2.05) is 42.5 Å². The maximum Gasteiger partial charge on any atom is 0.255 e. The van der Waals surface area contributed by atoms with Gasteiger partial charge in [-0.25, -0.2) is 0 Å². The molecule has 1 aromatic heterocycles. The number of carbonyl (C=O) groups is 1.